The molecule has 0 unspecified atom stereocenters. The third kappa shape index (κ3) is 3.27. The SMILES string of the molecule is COc1ccc(OC)c([C@@H]2c3c(/C=C/c4ccccc4)n[nH]c(=O)c3Nc3nnnn32)c1. The van der Waals surface area contributed by atoms with Crippen LogP contribution in [0.2, 0.25) is 0 Å². The number of aromatic amines is 1. The number of hydrogen-bond acceptors (Lipinski definition) is 8. The fourth-order valence-electron chi connectivity index (χ4n) is 3.77. The summed E-state index contributed by atoms with van der Waals surface area (Å²) in [5.74, 6) is 1.57. The van der Waals surface area contributed by atoms with Crippen molar-refractivity contribution in [3.05, 3.63) is 81.3 Å². The molecule has 2 aromatic carbocycles. The molecular weight excluding hydrogens is 410 g/mol. The van der Waals surface area contributed by atoms with Gasteiger partial charge in [-0.2, -0.15) is 9.78 Å². The van der Waals surface area contributed by atoms with E-state index in [-0.39, 0.29) is 5.56 Å². The monoisotopic (exact) mass is 429 g/mol. The van der Waals surface area contributed by atoms with Crippen LogP contribution in [-0.4, -0.2) is 44.6 Å². The highest BCUT2D eigenvalue weighted by molar-refractivity contribution is 5.75. The van der Waals surface area contributed by atoms with Crippen molar-refractivity contribution in [1.29, 1.82) is 0 Å². The van der Waals surface area contributed by atoms with Gasteiger partial charge in [0.2, 0.25) is 5.95 Å². The first kappa shape index (κ1) is 19.5. The zero-order valence-electron chi connectivity index (χ0n) is 17.3. The van der Waals surface area contributed by atoms with Crippen LogP contribution in [0.1, 0.15) is 28.4 Å². The number of H-pyrrole nitrogens is 1. The van der Waals surface area contributed by atoms with E-state index in [4.69, 9.17) is 9.47 Å². The van der Waals surface area contributed by atoms with Gasteiger partial charge in [-0.3, -0.25) is 4.79 Å². The Morgan fingerprint density at radius 3 is 2.69 bits per heavy atom. The van der Waals surface area contributed by atoms with Crippen molar-refractivity contribution in [3.63, 3.8) is 0 Å². The minimum atomic E-state index is -0.577. The molecule has 0 fully saturated rings. The van der Waals surface area contributed by atoms with Crippen molar-refractivity contribution in [2.75, 3.05) is 19.5 Å². The number of fused-ring (bicyclic) bond motifs is 2. The van der Waals surface area contributed by atoms with Crippen LogP contribution in [0.5, 0.6) is 11.5 Å². The number of benzene rings is 2. The molecule has 4 aromatic rings. The summed E-state index contributed by atoms with van der Waals surface area (Å²) in [6.45, 7) is 0. The van der Waals surface area contributed by atoms with Gasteiger partial charge in [0.25, 0.3) is 5.56 Å². The summed E-state index contributed by atoms with van der Waals surface area (Å²) in [5.41, 5.74) is 2.85. The minimum absolute atomic E-state index is 0.324. The zero-order valence-corrected chi connectivity index (χ0v) is 17.3. The third-order valence-corrected chi connectivity index (χ3v) is 5.26. The second-order valence-electron chi connectivity index (χ2n) is 7.05. The van der Waals surface area contributed by atoms with Crippen LogP contribution in [-0.2, 0) is 0 Å². The van der Waals surface area contributed by atoms with Gasteiger partial charge in [0.1, 0.15) is 23.2 Å². The molecule has 3 heterocycles. The van der Waals surface area contributed by atoms with Crippen LogP contribution in [0.25, 0.3) is 12.2 Å². The number of methoxy groups -OCH3 is 2. The van der Waals surface area contributed by atoms with Crippen LogP contribution in [0.15, 0.2) is 53.3 Å². The van der Waals surface area contributed by atoms with E-state index in [2.05, 4.69) is 31.0 Å². The van der Waals surface area contributed by atoms with Crippen molar-refractivity contribution in [3.8, 4) is 11.5 Å². The van der Waals surface area contributed by atoms with E-state index >= 15 is 0 Å². The molecule has 32 heavy (non-hydrogen) atoms. The standard InChI is InChI=1S/C22H19N7O3/c1-31-14-9-11-17(32-2)15(12-14)20-18-16(10-8-13-6-4-3-5-7-13)24-25-21(30)19(18)23-22-26-27-28-29(20)22/h3-12,20H,1-2H3,(H,25,30)(H,23,26,28)/b10-8+/t20-/m1/s1. The molecule has 5 rings (SSSR count). The fourth-order valence-corrected chi connectivity index (χ4v) is 3.77. The van der Waals surface area contributed by atoms with E-state index in [1.165, 1.54) is 0 Å². The first-order valence-electron chi connectivity index (χ1n) is 9.82. The Morgan fingerprint density at radius 1 is 1.06 bits per heavy atom. The molecule has 0 amide bonds. The molecule has 0 radical (unpaired) electrons. The number of ether oxygens (including phenoxy) is 2. The maximum Gasteiger partial charge on any atom is 0.288 e. The van der Waals surface area contributed by atoms with E-state index in [1.807, 2.05) is 48.6 Å². The first-order valence-corrected chi connectivity index (χ1v) is 9.82. The summed E-state index contributed by atoms with van der Waals surface area (Å²) < 4.78 is 12.7. The molecule has 0 bridgehead atoms. The lowest BCUT2D eigenvalue weighted by Crippen LogP contribution is -2.29. The molecule has 160 valence electrons. The van der Waals surface area contributed by atoms with E-state index in [9.17, 15) is 4.79 Å². The van der Waals surface area contributed by atoms with Crippen LogP contribution < -0.4 is 20.3 Å². The lowest BCUT2D eigenvalue weighted by Gasteiger charge is -2.28. The first-order chi connectivity index (χ1) is 15.7. The average molecular weight is 429 g/mol. The van der Waals surface area contributed by atoms with E-state index < -0.39 is 6.04 Å². The molecule has 10 heteroatoms. The van der Waals surface area contributed by atoms with Crippen LogP contribution >= 0.6 is 0 Å². The Bertz CT molecular complexity index is 1360. The molecule has 2 aromatic heterocycles. The lowest BCUT2D eigenvalue weighted by atomic mass is 9.93. The van der Waals surface area contributed by atoms with Gasteiger partial charge >= 0.3 is 0 Å². The third-order valence-electron chi connectivity index (χ3n) is 5.26. The van der Waals surface area contributed by atoms with Crippen molar-refractivity contribution >= 4 is 23.8 Å². The number of hydrogen-bond donors (Lipinski definition) is 2. The maximum atomic E-state index is 12.7. The summed E-state index contributed by atoms with van der Waals surface area (Å²) >= 11 is 0. The van der Waals surface area contributed by atoms with Crippen LogP contribution in [0.3, 0.4) is 0 Å². The molecule has 0 saturated heterocycles. The molecule has 0 spiro atoms. The highest BCUT2D eigenvalue weighted by Gasteiger charge is 2.35. The Balaban J connectivity index is 1.75. The molecule has 1 aliphatic heterocycles. The second-order valence-corrected chi connectivity index (χ2v) is 7.05. The van der Waals surface area contributed by atoms with Gasteiger partial charge in [0.15, 0.2) is 0 Å². The quantitative estimate of drug-likeness (QED) is 0.438. The maximum absolute atomic E-state index is 12.7. The van der Waals surface area contributed by atoms with Gasteiger partial charge in [0, 0.05) is 11.1 Å². The smallest absolute Gasteiger partial charge is 0.288 e. The largest absolute Gasteiger partial charge is 0.497 e. The lowest BCUT2D eigenvalue weighted by molar-refractivity contribution is 0.392. The van der Waals surface area contributed by atoms with E-state index in [1.54, 1.807) is 31.0 Å². The van der Waals surface area contributed by atoms with Gasteiger partial charge in [-0.1, -0.05) is 41.5 Å². The second kappa shape index (κ2) is 7.99. The molecule has 1 aliphatic rings. The molecule has 2 N–H and O–H groups in total. The fraction of sp³-hybridized carbons (Fsp3) is 0.136. The van der Waals surface area contributed by atoms with Gasteiger partial charge in [-0.25, -0.2) is 5.10 Å². The predicted molar refractivity (Wildman–Crippen MR) is 118 cm³/mol. The summed E-state index contributed by atoms with van der Waals surface area (Å²) in [4.78, 5) is 12.7. The molecule has 1 atom stereocenters. The topological polar surface area (TPSA) is 120 Å². The number of rotatable bonds is 5. The Hall–Kier alpha value is -4.47. The van der Waals surface area contributed by atoms with Gasteiger partial charge in [-0.05, 0) is 40.3 Å². The number of nitrogens with one attached hydrogen (secondary N) is 2. The van der Waals surface area contributed by atoms with Crippen molar-refractivity contribution in [1.82, 2.24) is 30.4 Å². The summed E-state index contributed by atoms with van der Waals surface area (Å²) in [6, 6.07) is 14.7. The number of aromatic nitrogens is 6. The van der Waals surface area contributed by atoms with E-state index in [0.717, 1.165) is 11.1 Å². The molecule has 0 saturated carbocycles. The van der Waals surface area contributed by atoms with Gasteiger partial charge < -0.3 is 14.8 Å². The Labute approximate surface area is 182 Å². The Kier molecular flexibility index (Phi) is 4.86. The molecular formula is C22H19N7O3. The summed E-state index contributed by atoms with van der Waals surface area (Å²) in [5, 5.41) is 21.9. The number of tetrazole rings is 1. The van der Waals surface area contributed by atoms with Crippen molar-refractivity contribution < 1.29 is 9.47 Å². The molecule has 0 aliphatic carbocycles. The predicted octanol–water partition coefficient (Wildman–Crippen LogP) is 2.64. The highest BCUT2D eigenvalue weighted by atomic mass is 16.5. The van der Waals surface area contributed by atoms with Gasteiger partial charge in [-0.15, -0.1) is 0 Å². The Morgan fingerprint density at radius 2 is 1.91 bits per heavy atom. The minimum Gasteiger partial charge on any atom is -0.497 e. The zero-order chi connectivity index (χ0) is 22.1. The average Bonchev–Trinajstić information content (AvgIpc) is 3.31. The van der Waals surface area contributed by atoms with E-state index in [0.29, 0.717) is 34.4 Å². The highest BCUT2D eigenvalue weighted by Crippen LogP contribution is 2.42. The molecule has 10 nitrogen and oxygen atoms in total. The van der Waals surface area contributed by atoms with Crippen molar-refractivity contribution in [2.24, 2.45) is 0 Å². The number of anilines is 2. The van der Waals surface area contributed by atoms with Crippen LogP contribution in [0.4, 0.5) is 11.6 Å². The van der Waals surface area contributed by atoms with Crippen LogP contribution in [0, 0.1) is 0 Å². The summed E-state index contributed by atoms with van der Waals surface area (Å²) in [7, 11) is 3.17. The van der Waals surface area contributed by atoms with Gasteiger partial charge in [0.05, 0.1) is 19.9 Å². The number of nitrogens with zero attached hydrogens (tertiary/aromatic N) is 5. The summed E-state index contributed by atoms with van der Waals surface area (Å²) in [6.07, 6.45) is 3.77. The normalized spacial score (nSPS) is 14.5. The van der Waals surface area contributed by atoms with Crippen molar-refractivity contribution in [2.45, 2.75) is 6.04 Å².